The molecule has 0 unspecified atom stereocenters. The van der Waals surface area contributed by atoms with Crippen molar-refractivity contribution in [1.29, 1.82) is 0 Å². The first-order valence-electron chi connectivity index (χ1n) is 7.66. The van der Waals surface area contributed by atoms with E-state index in [0.29, 0.717) is 5.56 Å². The smallest absolute Gasteiger partial charge is 0.387 e. The van der Waals surface area contributed by atoms with Crippen LogP contribution in [-0.2, 0) is 9.53 Å². The summed E-state index contributed by atoms with van der Waals surface area (Å²) >= 11 is 0. The zero-order valence-corrected chi connectivity index (χ0v) is 14.4. The van der Waals surface area contributed by atoms with Crippen molar-refractivity contribution in [2.75, 3.05) is 19.0 Å². The van der Waals surface area contributed by atoms with Crippen molar-refractivity contribution in [3.8, 4) is 11.5 Å². The molecule has 0 saturated carbocycles. The number of halogens is 3. The highest BCUT2D eigenvalue weighted by Gasteiger charge is 2.16. The molecule has 144 valence electrons. The topological polar surface area (TPSA) is 73.9 Å². The molecule has 2 aromatic rings. The number of aryl methyl sites for hydroxylation is 1. The maximum Gasteiger partial charge on any atom is 0.387 e. The molecule has 0 aromatic heterocycles. The van der Waals surface area contributed by atoms with Crippen LogP contribution in [0.2, 0.25) is 0 Å². The molecule has 0 spiro atoms. The summed E-state index contributed by atoms with van der Waals surface area (Å²) in [5, 5.41) is 2.28. The Morgan fingerprint density at radius 3 is 2.48 bits per heavy atom. The van der Waals surface area contributed by atoms with E-state index < -0.39 is 30.9 Å². The summed E-state index contributed by atoms with van der Waals surface area (Å²) in [6.07, 6.45) is 0. The molecule has 0 saturated heterocycles. The van der Waals surface area contributed by atoms with Gasteiger partial charge in [-0.15, -0.1) is 0 Å². The van der Waals surface area contributed by atoms with Crippen LogP contribution in [0.4, 0.5) is 18.9 Å². The number of alkyl halides is 2. The first-order valence-corrected chi connectivity index (χ1v) is 7.66. The average molecular weight is 383 g/mol. The summed E-state index contributed by atoms with van der Waals surface area (Å²) in [6, 6.07) is 7.68. The number of anilines is 1. The monoisotopic (exact) mass is 383 g/mol. The van der Waals surface area contributed by atoms with Crippen LogP contribution in [0.3, 0.4) is 0 Å². The van der Waals surface area contributed by atoms with E-state index in [1.54, 1.807) is 13.0 Å². The van der Waals surface area contributed by atoms with Gasteiger partial charge in [-0.25, -0.2) is 9.18 Å². The molecule has 27 heavy (non-hydrogen) atoms. The fourth-order valence-electron chi connectivity index (χ4n) is 2.11. The minimum Gasteiger partial charge on any atom is -0.493 e. The zero-order chi connectivity index (χ0) is 20.0. The molecule has 1 amide bonds. The molecule has 0 radical (unpaired) electrons. The molecule has 0 atom stereocenters. The number of nitrogens with one attached hydrogen (secondary N) is 1. The highest BCUT2D eigenvalue weighted by atomic mass is 19.3. The summed E-state index contributed by atoms with van der Waals surface area (Å²) in [4.78, 5) is 23.8. The first-order chi connectivity index (χ1) is 12.8. The summed E-state index contributed by atoms with van der Waals surface area (Å²) in [5.41, 5.74) is 0.602. The molecule has 0 fully saturated rings. The molecular weight excluding hydrogens is 367 g/mol. The Bertz CT molecular complexity index is 842. The molecule has 2 rings (SSSR count). The maximum atomic E-state index is 13.7. The Hall–Kier alpha value is -3.23. The van der Waals surface area contributed by atoms with Gasteiger partial charge in [0.05, 0.1) is 18.4 Å². The lowest BCUT2D eigenvalue weighted by atomic mass is 10.2. The summed E-state index contributed by atoms with van der Waals surface area (Å²) in [6.45, 7) is -2.02. The summed E-state index contributed by atoms with van der Waals surface area (Å²) < 4.78 is 52.2. The van der Waals surface area contributed by atoms with E-state index in [9.17, 15) is 22.8 Å². The third-order valence-corrected chi connectivity index (χ3v) is 3.35. The first kappa shape index (κ1) is 20.1. The molecule has 0 aliphatic carbocycles. The summed E-state index contributed by atoms with van der Waals surface area (Å²) in [7, 11) is 1.21. The van der Waals surface area contributed by atoms with Gasteiger partial charge in [-0.05, 0) is 42.8 Å². The Balaban J connectivity index is 1.97. The third kappa shape index (κ3) is 5.63. The number of esters is 1. The number of benzene rings is 2. The van der Waals surface area contributed by atoms with Crippen molar-refractivity contribution in [2.45, 2.75) is 13.5 Å². The lowest BCUT2D eigenvalue weighted by Gasteiger charge is -2.11. The van der Waals surface area contributed by atoms with E-state index in [4.69, 9.17) is 9.47 Å². The van der Waals surface area contributed by atoms with E-state index in [1.165, 1.54) is 25.3 Å². The fourth-order valence-corrected chi connectivity index (χ4v) is 2.11. The highest BCUT2D eigenvalue weighted by molar-refractivity contribution is 5.95. The van der Waals surface area contributed by atoms with Crippen LogP contribution in [0.5, 0.6) is 11.5 Å². The second-order valence-electron chi connectivity index (χ2n) is 5.35. The lowest BCUT2D eigenvalue weighted by molar-refractivity contribution is -0.119. The van der Waals surface area contributed by atoms with E-state index in [0.717, 1.165) is 12.1 Å². The number of carbonyl (C=O) groups is 2. The van der Waals surface area contributed by atoms with Gasteiger partial charge >= 0.3 is 12.6 Å². The molecule has 0 aliphatic rings. The molecule has 2 aromatic carbocycles. The van der Waals surface area contributed by atoms with Gasteiger partial charge in [0.25, 0.3) is 5.91 Å². The third-order valence-electron chi connectivity index (χ3n) is 3.35. The maximum absolute atomic E-state index is 13.7. The van der Waals surface area contributed by atoms with E-state index >= 15 is 0 Å². The van der Waals surface area contributed by atoms with Crippen molar-refractivity contribution >= 4 is 17.6 Å². The van der Waals surface area contributed by atoms with Crippen LogP contribution in [0.25, 0.3) is 0 Å². The van der Waals surface area contributed by atoms with Crippen LogP contribution in [0.1, 0.15) is 15.9 Å². The van der Waals surface area contributed by atoms with Crippen molar-refractivity contribution < 1.29 is 37.0 Å². The van der Waals surface area contributed by atoms with Crippen LogP contribution in [0, 0.1) is 12.7 Å². The van der Waals surface area contributed by atoms with Gasteiger partial charge in [-0.3, -0.25) is 4.79 Å². The highest BCUT2D eigenvalue weighted by Crippen LogP contribution is 2.29. The number of ether oxygens (including phenoxy) is 3. The lowest BCUT2D eigenvalue weighted by Crippen LogP contribution is -2.21. The molecule has 0 aliphatic heterocycles. The van der Waals surface area contributed by atoms with E-state index in [1.807, 2.05) is 0 Å². The number of amides is 1. The fraction of sp³-hybridized carbons (Fsp3) is 0.222. The number of hydrogen-bond acceptors (Lipinski definition) is 5. The van der Waals surface area contributed by atoms with Gasteiger partial charge in [0.1, 0.15) is 5.82 Å². The van der Waals surface area contributed by atoms with E-state index in [2.05, 4.69) is 10.1 Å². The number of carbonyl (C=O) groups excluding carboxylic acids is 2. The number of methoxy groups -OCH3 is 1. The second kappa shape index (κ2) is 8.93. The Morgan fingerprint density at radius 2 is 1.85 bits per heavy atom. The SMILES string of the molecule is COc1cc(C(=O)OCC(=O)Nc2ccc(C)cc2F)ccc1OC(F)F. The van der Waals surface area contributed by atoms with Crippen molar-refractivity contribution in [3.05, 3.63) is 53.3 Å². The van der Waals surface area contributed by atoms with Crippen LogP contribution in [0.15, 0.2) is 36.4 Å². The van der Waals surface area contributed by atoms with Gasteiger partial charge in [-0.2, -0.15) is 8.78 Å². The predicted molar refractivity (Wildman–Crippen MR) is 89.7 cm³/mol. The normalized spacial score (nSPS) is 10.4. The van der Waals surface area contributed by atoms with Crippen molar-refractivity contribution in [2.24, 2.45) is 0 Å². The van der Waals surface area contributed by atoms with Crippen LogP contribution < -0.4 is 14.8 Å². The Kier molecular flexibility index (Phi) is 6.64. The Morgan fingerprint density at radius 1 is 1.11 bits per heavy atom. The minimum atomic E-state index is -3.05. The molecule has 0 bridgehead atoms. The molecular formula is C18H16F3NO5. The van der Waals surface area contributed by atoms with Crippen LogP contribution >= 0.6 is 0 Å². The van der Waals surface area contributed by atoms with Gasteiger partial charge < -0.3 is 19.5 Å². The second-order valence-corrected chi connectivity index (χ2v) is 5.35. The predicted octanol–water partition coefficient (Wildman–Crippen LogP) is 3.54. The average Bonchev–Trinajstić information content (AvgIpc) is 2.62. The van der Waals surface area contributed by atoms with Gasteiger partial charge in [0.15, 0.2) is 18.1 Å². The summed E-state index contributed by atoms with van der Waals surface area (Å²) in [5.74, 6) is -2.60. The van der Waals surface area contributed by atoms with Crippen molar-refractivity contribution in [1.82, 2.24) is 0 Å². The van der Waals surface area contributed by atoms with Gasteiger partial charge in [0.2, 0.25) is 0 Å². The standard InChI is InChI=1S/C18H16F3NO5/c1-10-3-5-13(12(19)7-10)22-16(23)9-26-17(24)11-4-6-14(27-18(20)21)15(8-11)25-2/h3-8,18H,9H2,1-2H3,(H,22,23). The molecule has 0 heterocycles. The molecule has 6 nitrogen and oxygen atoms in total. The number of hydrogen-bond donors (Lipinski definition) is 1. The van der Waals surface area contributed by atoms with Gasteiger partial charge in [-0.1, -0.05) is 6.07 Å². The molecule has 9 heteroatoms. The quantitative estimate of drug-likeness (QED) is 0.741. The largest absolute Gasteiger partial charge is 0.493 e. The zero-order valence-electron chi connectivity index (χ0n) is 14.4. The van der Waals surface area contributed by atoms with Crippen LogP contribution in [-0.4, -0.2) is 32.2 Å². The van der Waals surface area contributed by atoms with E-state index in [-0.39, 0.29) is 22.7 Å². The molecule has 1 N–H and O–H groups in total. The number of rotatable bonds is 7. The van der Waals surface area contributed by atoms with Gasteiger partial charge in [0, 0.05) is 0 Å². The minimum absolute atomic E-state index is 0.0391. The van der Waals surface area contributed by atoms with Crippen molar-refractivity contribution in [3.63, 3.8) is 0 Å². The Labute approximate surface area is 152 Å².